The van der Waals surface area contributed by atoms with Gasteiger partial charge in [0.1, 0.15) is 12.3 Å². The van der Waals surface area contributed by atoms with Crippen molar-refractivity contribution in [1.82, 2.24) is 40.3 Å². The minimum Gasteiger partial charge on any atom is -0.492 e. The third-order valence-corrected chi connectivity index (χ3v) is 10.00. The van der Waals surface area contributed by atoms with Crippen molar-refractivity contribution in [3.8, 4) is 11.8 Å². The molecule has 0 saturated heterocycles. The lowest BCUT2D eigenvalue weighted by Crippen LogP contribution is -2.50. The van der Waals surface area contributed by atoms with Gasteiger partial charge in [-0.3, -0.25) is 48.3 Å². The number of aryl methyl sites for hydroxylation is 1. The van der Waals surface area contributed by atoms with Gasteiger partial charge < -0.3 is 61.1 Å². The fourth-order valence-corrected chi connectivity index (χ4v) is 6.56. The van der Waals surface area contributed by atoms with Gasteiger partial charge in [-0.15, -0.1) is 4.73 Å². The predicted octanol–water partition coefficient (Wildman–Crippen LogP) is -1.51. The molecule has 0 aliphatic rings. The summed E-state index contributed by atoms with van der Waals surface area (Å²) < 4.78 is 0.578. The number of unbranched alkanes of at least 4 members (excludes halogenated alkanes) is 3. The monoisotopic (exact) mass is 948 g/mol. The summed E-state index contributed by atoms with van der Waals surface area (Å²) in [5, 5.41) is 65.8. The van der Waals surface area contributed by atoms with Gasteiger partial charge in [0.2, 0.25) is 29.5 Å². The highest BCUT2D eigenvalue weighted by atomic mass is 16.7. The number of aromatic hydroxyl groups is 2. The largest absolute Gasteiger partial charge is 0.492 e. The zero-order valence-corrected chi connectivity index (χ0v) is 37.7. The van der Waals surface area contributed by atoms with Gasteiger partial charge >= 0.3 is 23.9 Å². The zero-order chi connectivity index (χ0) is 49.7. The molecule has 1 aromatic carbocycles. The van der Waals surface area contributed by atoms with E-state index in [1.165, 1.54) is 14.7 Å². The molecule has 24 nitrogen and oxygen atoms in total. The van der Waals surface area contributed by atoms with Crippen LogP contribution in [0.3, 0.4) is 0 Å². The Morgan fingerprint density at radius 3 is 1.73 bits per heavy atom. The zero-order valence-electron chi connectivity index (χ0n) is 37.7. The normalized spacial score (nSPS) is 11.5. The van der Waals surface area contributed by atoms with Crippen LogP contribution in [-0.2, 0) is 38.4 Å². The van der Waals surface area contributed by atoms with Crippen LogP contribution in [0.1, 0.15) is 67.3 Å². The van der Waals surface area contributed by atoms with Crippen LogP contribution in [0.5, 0.6) is 11.8 Å². The van der Waals surface area contributed by atoms with E-state index >= 15 is 0 Å². The molecule has 1 unspecified atom stereocenters. The predicted molar refractivity (Wildman–Crippen MR) is 237 cm³/mol. The molecule has 0 fully saturated rings. The second-order valence-corrected chi connectivity index (χ2v) is 15.6. The first-order chi connectivity index (χ1) is 31.9. The van der Waals surface area contributed by atoms with Crippen molar-refractivity contribution >= 4 is 53.8 Å². The van der Waals surface area contributed by atoms with Gasteiger partial charge in [-0.1, -0.05) is 17.7 Å². The molecule has 2 rings (SSSR count). The van der Waals surface area contributed by atoms with Crippen LogP contribution in [0.25, 0.3) is 0 Å². The van der Waals surface area contributed by atoms with Gasteiger partial charge in [-0.05, 0) is 57.6 Å². The maximum Gasteiger partial charge on any atom is 0.333 e. The Bertz CT molecular complexity index is 1930. The number of aldehydes is 1. The second kappa shape index (κ2) is 31.3. The fraction of sp³-hybridized carbons (Fsp3) is 0.558. The van der Waals surface area contributed by atoms with Crippen molar-refractivity contribution in [3.05, 3.63) is 47.5 Å². The van der Waals surface area contributed by atoms with Crippen LogP contribution in [-0.4, -0.2) is 206 Å². The highest BCUT2D eigenvalue weighted by Gasteiger charge is 2.26. The number of carboxylic acids is 3. The number of nitrogens with one attached hydrogen (secondary N) is 3. The highest BCUT2D eigenvalue weighted by Crippen LogP contribution is 2.19. The molecule has 1 aromatic heterocycles. The van der Waals surface area contributed by atoms with E-state index in [9.17, 15) is 73.8 Å². The molecular weight excluding hydrogens is 885 g/mol. The minimum atomic E-state index is -1.30. The van der Waals surface area contributed by atoms with Crippen LogP contribution in [0.15, 0.2) is 36.4 Å². The Balaban J connectivity index is 1.82. The lowest BCUT2D eigenvalue weighted by atomic mass is 10.1. The molecule has 2 aromatic rings. The topological polar surface area (TPSA) is 338 Å². The number of aromatic nitrogens is 1. The van der Waals surface area contributed by atoms with Crippen molar-refractivity contribution in [1.29, 1.82) is 0 Å². The van der Waals surface area contributed by atoms with Crippen molar-refractivity contribution in [3.63, 3.8) is 0 Å². The fourth-order valence-electron chi connectivity index (χ4n) is 6.56. The number of hydrogen-bond donors (Lipinski definition) is 9. The smallest absolute Gasteiger partial charge is 0.333 e. The number of aliphatic hydroxyl groups excluding tert-OH is 1. The first kappa shape index (κ1) is 56.5. The Morgan fingerprint density at radius 1 is 0.642 bits per heavy atom. The molecule has 4 amide bonds. The molecule has 1 atom stereocenters. The van der Waals surface area contributed by atoms with Gasteiger partial charge in [-0.2, -0.15) is 0 Å². The quantitative estimate of drug-likeness (QED) is 0.0277. The third-order valence-electron chi connectivity index (χ3n) is 10.00. The number of aliphatic hydroxyl groups is 1. The summed E-state index contributed by atoms with van der Waals surface area (Å²) in [6.07, 6.45) is 2.90. The van der Waals surface area contributed by atoms with Gasteiger partial charge in [0, 0.05) is 82.9 Å². The van der Waals surface area contributed by atoms with Gasteiger partial charge in [-0.25, -0.2) is 4.79 Å². The number of carbonyl (C=O) groups is 9. The third kappa shape index (κ3) is 23.9. The summed E-state index contributed by atoms with van der Waals surface area (Å²) >= 11 is 0. The van der Waals surface area contributed by atoms with Gasteiger partial charge in [0.15, 0.2) is 0 Å². The minimum absolute atomic E-state index is 0.00378. The molecule has 9 N–H and O–H groups in total. The first-order valence-electron chi connectivity index (χ1n) is 21.8. The number of aliphatic carboxylic acids is 3. The summed E-state index contributed by atoms with van der Waals surface area (Å²) in [5.74, 6) is -7.09. The van der Waals surface area contributed by atoms with Crippen LogP contribution >= 0.6 is 0 Å². The highest BCUT2D eigenvalue weighted by molar-refractivity contribution is 5.94. The van der Waals surface area contributed by atoms with Gasteiger partial charge in [0.05, 0.1) is 39.3 Å². The number of carbonyl (C=O) groups excluding carboxylic acids is 6. The van der Waals surface area contributed by atoms with Crippen LogP contribution in [0.2, 0.25) is 0 Å². The summed E-state index contributed by atoms with van der Waals surface area (Å²) in [6, 6.07) is 8.09. The van der Waals surface area contributed by atoms with E-state index in [-0.39, 0.29) is 77.0 Å². The Kier molecular flexibility index (Phi) is 26.4. The molecule has 0 bridgehead atoms. The molecular formula is C43H64N8O16. The average Bonchev–Trinajstić information content (AvgIpc) is 3.58. The average molecular weight is 949 g/mol. The molecule has 0 aliphatic heterocycles. The van der Waals surface area contributed by atoms with E-state index in [2.05, 4.69) is 16.0 Å². The van der Waals surface area contributed by atoms with E-state index in [1.807, 2.05) is 13.0 Å². The van der Waals surface area contributed by atoms with E-state index in [0.29, 0.717) is 61.6 Å². The summed E-state index contributed by atoms with van der Waals surface area (Å²) in [7, 11) is 0. The summed E-state index contributed by atoms with van der Waals surface area (Å²) in [5.41, 5.74) is 1.40. The SMILES string of the molecule is Cc1cccc(C(=O)NCCCCN(C(=O)CN(CCN(CCN(CC(=O)O)CC(=O)NCCCCNC(=O)CCCCC(=O)On2c(O)ccc2O)CC(=O)O)CC(=O)O)C(C=O)CO)c1. The number of carboxylic acid groups (broad SMARTS) is 3. The lowest BCUT2D eigenvalue weighted by Gasteiger charge is -2.31. The first-order valence-corrected chi connectivity index (χ1v) is 21.8. The summed E-state index contributed by atoms with van der Waals surface area (Å²) in [4.78, 5) is 120. The maximum absolute atomic E-state index is 13.5. The molecule has 0 spiro atoms. The van der Waals surface area contributed by atoms with Crippen LogP contribution < -0.4 is 20.8 Å². The van der Waals surface area contributed by atoms with E-state index in [1.54, 1.807) is 18.2 Å². The number of amides is 4. The molecule has 0 radical (unpaired) electrons. The van der Waals surface area contributed by atoms with Gasteiger partial charge in [0.25, 0.3) is 5.91 Å². The second-order valence-electron chi connectivity index (χ2n) is 15.6. The Hall–Kier alpha value is -6.63. The van der Waals surface area contributed by atoms with Crippen molar-refractivity contribution in [2.75, 3.05) is 91.7 Å². The van der Waals surface area contributed by atoms with Crippen LogP contribution in [0, 0.1) is 6.92 Å². The molecule has 0 saturated carbocycles. The Labute approximate surface area is 387 Å². The number of rotatable bonds is 36. The van der Waals surface area contributed by atoms with Crippen LogP contribution in [0.4, 0.5) is 0 Å². The number of nitrogens with zero attached hydrogens (tertiary/aromatic N) is 5. The van der Waals surface area contributed by atoms with E-state index in [4.69, 9.17) is 4.84 Å². The standard InChI is InChI=1S/C43H64N8O16/c1-31-9-8-10-32(23-31)43(66)46-17-6-7-18-50(33(29-52)30-53)38(58)25-49(28-41(63)64)22-20-47(26-39(59)60)19-21-48(27-40(61)62)24-35(55)45-16-5-4-15-44-34(54)11-2-3-12-42(65)67-51-36(56)13-14-37(51)57/h8-10,13-14,23,29,33,53,56-57H,2-7,11-12,15-22,24-28,30H2,1H3,(H,44,54)(H,45,55)(H,46,66)(H,59,60)(H,61,62)(H,63,64). The maximum atomic E-state index is 13.5. The number of hydrogen-bond acceptors (Lipinski definition) is 16. The Morgan fingerprint density at radius 2 is 1.16 bits per heavy atom. The molecule has 0 aliphatic carbocycles. The molecule has 67 heavy (non-hydrogen) atoms. The lowest BCUT2D eigenvalue weighted by molar-refractivity contribution is -0.146. The van der Waals surface area contributed by atoms with Crippen molar-refractivity contribution < 1.29 is 78.6 Å². The van der Waals surface area contributed by atoms with Crippen molar-refractivity contribution in [2.45, 2.75) is 64.3 Å². The molecule has 24 heteroatoms. The molecule has 1 heterocycles. The number of benzene rings is 1. The van der Waals surface area contributed by atoms with E-state index < -0.39 is 86.3 Å². The van der Waals surface area contributed by atoms with Crippen molar-refractivity contribution in [2.24, 2.45) is 0 Å². The summed E-state index contributed by atoms with van der Waals surface area (Å²) in [6.45, 7) is -0.987. The molecule has 372 valence electrons. The van der Waals surface area contributed by atoms with E-state index in [0.717, 1.165) is 22.6 Å².